The summed E-state index contributed by atoms with van der Waals surface area (Å²) in [6.07, 6.45) is 0.996. The molecule has 0 aliphatic carbocycles. The Balaban J connectivity index is 1.63. The average molecular weight is 304 g/mol. The number of carbonyl (C=O) groups excluding carboxylic acids is 1. The van der Waals surface area contributed by atoms with Crippen LogP contribution in [0.2, 0.25) is 0 Å². The van der Waals surface area contributed by atoms with Gasteiger partial charge in [-0.15, -0.1) is 5.10 Å². The lowest BCUT2D eigenvalue weighted by molar-refractivity contribution is 0.103. The summed E-state index contributed by atoms with van der Waals surface area (Å²) in [4.78, 5) is 12.7. The number of aryl methyl sites for hydroxylation is 1. The third kappa shape index (κ3) is 2.50. The second kappa shape index (κ2) is 5.68. The van der Waals surface area contributed by atoms with Crippen molar-refractivity contribution in [2.24, 2.45) is 0 Å². The van der Waals surface area contributed by atoms with Crippen molar-refractivity contribution in [2.75, 3.05) is 11.9 Å². The van der Waals surface area contributed by atoms with Crippen molar-refractivity contribution in [3.63, 3.8) is 0 Å². The highest BCUT2D eigenvalue weighted by atomic mass is 16.1. The van der Waals surface area contributed by atoms with E-state index >= 15 is 0 Å². The van der Waals surface area contributed by atoms with E-state index in [-0.39, 0.29) is 5.78 Å². The Morgan fingerprint density at radius 1 is 1.00 bits per heavy atom. The summed E-state index contributed by atoms with van der Waals surface area (Å²) >= 11 is 0. The summed E-state index contributed by atoms with van der Waals surface area (Å²) in [6.45, 7) is 1.65. The van der Waals surface area contributed by atoms with Gasteiger partial charge in [0.05, 0.1) is 0 Å². The third-order valence-electron chi connectivity index (χ3n) is 4.04. The van der Waals surface area contributed by atoms with E-state index in [0.29, 0.717) is 11.3 Å². The zero-order valence-electron chi connectivity index (χ0n) is 12.6. The average Bonchev–Trinajstić information content (AvgIpc) is 3.06. The van der Waals surface area contributed by atoms with Gasteiger partial charge in [-0.1, -0.05) is 59.8 Å². The summed E-state index contributed by atoms with van der Waals surface area (Å²) in [6, 6.07) is 17.7. The van der Waals surface area contributed by atoms with Gasteiger partial charge in [-0.05, 0) is 17.5 Å². The largest absolute Gasteiger partial charge is 0.368 e. The number of nitrogens with one attached hydrogen (secondary N) is 1. The monoisotopic (exact) mass is 304 g/mol. The van der Waals surface area contributed by atoms with Crippen molar-refractivity contribution in [3.8, 4) is 11.1 Å². The molecule has 0 bridgehead atoms. The number of benzene rings is 2. The maximum Gasteiger partial charge on any atom is 0.217 e. The first-order chi connectivity index (χ1) is 11.3. The normalized spacial score (nSPS) is 13.2. The van der Waals surface area contributed by atoms with E-state index in [9.17, 15) is 4.79 Å². The predicted octanol–water partition coefficient (Wildman–Crippen LogP) is 2.99. The lowest BCUT2D eigenvalue weighted by Crippen LogP contribution is -2.19. The molecule has 0 unspecified atom stereocenters. The first kappa shape index (κ1) is 13.7. The Hall–Kier alpha value is -2.95. The van der Waals surface area contributed by atoms with Gasteiger partial charge in [-0.2, -0.15) is 0 Å². The van der Waals surface area contributed by atoms with Crippen molar-refractivity contribution in [2.45, 2.75) is 13.0 Å². The Morgan fingerprint density at radius 3 is 2.52 bits per heavy atom. The lowest BCUT2D eigenvalue weighted by atomic mass is 10.0. The number of ketones is 1. The fourth-order valence-electron chi connectivity index (χ4n) is 2.81. The van der Waals surface area contributed by atoms with Crippen LogP contribution in [0.3, 0.4) is 0 Å². The van der Waals surface area contributed by atoms with Gasteiger partial charge in [-0.25, -0.2) is 4.68 Å². The summed E-state index contributed by atoms with van der Waals surface area (Å²) in [7, 11) is 0. The molecular weight excluding hydrogens is 288 g/mol. The van der Waals surface area contributed by atoms with Crippen molar-refractivity contribution >= 4 is 11.6 Å². The summed E-state index contributed by atoms with van der Waals surface area (Å²) in [5.74, 6) is 0.633. The van der Waals surface area contributed by atoms with Crippen molar-refractivity contribution in [1.29, 1.82) is 0 Å². The van der Waals surface area contributed by atoms with E-state index in [0.717, 1.165) is 36.5 Å². The molecule has 0 atom stereocenters. The van der Waals surface area contributed by atoms with Crippen LogP contribution in [-0.2, 0) is 6.54 Å². The van der Waals surface area contributed by atoms with Crippen molar-refractivity contribution in [1.82, 2.24) is 15.0 Å². The molecule has 0 spiro atoms. The van der Waals surface area contributed by atoms with Crippen molar-refractivity contribution < 1.29 is 4.79 Å². The van der Waals surface area contributed by atoms with Crippen LogP contribution in [0.25, 0.3) is 11.1 Å². The highest BCUT2D eigenvalue weighted by molar-refractivity contribution is 6.10. The highest BCUT2D eigenvalue weighted by Crippen LogP contribution is 2.23. The van der Waals surface area contributed by atoms with Crippen LogP contribution >= 0.6 is 0 Å². The Kier molecular flexibility index (Phi) is 3.38. The van der Waals surface area contributed by atoms with Crippen LogP contribution in [0.4, 0.5) is 5.82 Å². The Bertz CT molecular complexity index is 837. The van der Waals surface area contributed by atoms with E-state index in [1.165, 1.54) is 0 Å². The summed E-state index contributed by atoms with van der Waals surface area (Å²) in [5.41, 5.74) is 3.25. The molecule has 23 heavy (non-hydrogen) atoms. The topological polar surface area (TPSA) is 59.8 Å². The van der Waals surface area contributed by atoms with Crippen LogP contribution in [0.15, 0.2) is 54.6 Å². The molecule has 1 N–H and O–H groups in total. The number of carbonyl (C=O) groups is 1. The van der Waals surface area contributed by atoms with Gasteiger partial charge >= 0.3 is 0 Å². The first-order valence-electron chi connectivity index (χ1n) is 7.70. The summed E-state index contributed by atoms with van der Waals surface area (Å²) < 4.78 is 1.76. The predicted molar refractivity (Wildman–Crippen MR) is 88.4 cm³/mol. The van der Waals surface area contributed by atoms with Gasteiger partial charge in [-0.3, -0.25) is 4.79 Å². The molecular formula is C18H16N4O. The Labute approximate surface area is 134 Å². The zero-order chi connectivity index (χ0) is 15.6. The molecule has 0 amide bonds. The molecule has 0 fully saturated rings. The second-order valence-corrected chi connectivity index (χ2v) is 5.56. The molecule has 1 aromatic heterocycles. The van der Waals surface area contributed by atoms with E-state index in [4.69, 9.17) is 0 Å². The number of aromatic nitrogens is 3. The highest BCUT2D eigenvalue weighted by Gasteiger charge is 2.22. The minimum Gasteiger partial charge on any atom is -0.368 e. The SMILES string of the molecule is O=C(c1ccc(-c2ccccc2)cc1)c1nnn2c1NCCC2. The van der Waals surface area contributed by atoms with E-state index < -0.39 is 0 Å². The van der Waals surface area contributed by atoms with Crippen molar-refractivity contribution in [3.05, 3.63) is 65.9 Å². The fourth-order valence-corrected chi connectivity index (χ4v) is 2.81. The van der Waals surface area contributed by atoms with Crippen LogP contribution in [0.5, 0.6) is 0 Å². The molecule has 5 heteroatoms. The molecule has 2 aromatic carbocycles. The smallest absolute Gasteiger partial charge is 0.217 e. The van der Waals surface area contributed by atoms with E-state index in [1.54, 1.807) is 4.68 Å². The molecule has 3 aromatic rings. The van der Waals surface area contributed by atoms with Gasteiger partial charge in [0, 0.05) is 18.7 Å². The molecule has 0 saturated heterocycles. The number of hydrogen-bond acceptors (Lipinski definition) is 4. The van der Waals surface area contributed by atoms with Gasteiger partial charge in [0.2, 0.25) is 5.78 Å². The number of fused-ring (bicyclic) bond motifs is 1. The van der Waals surface area contributed by atoms with E-state index in [1.807, 2.05) is 42.5 Å². The third-order valence-corrected chi connectivity index (χ3v) is 4.04. The number of rotatable bonds is 3. The van der Waals surface area contributed by atoms with Crippen LogP contribution < -0.4 is 5.32 Å². The molecule has 4 rings (SSSR count). The van der Waals surface area contributed by atoms with Crippen LogP contribution in [0, 0.1) is 0 Å². The van der Waals surface area contributed by atoms with Gasteiger partial charge in [0.25, 0.3) is 0 Å². The molecule has 114 valence electrons. The number of hydrogen-bond donors (Lipinski definition) is 1. The molecule has 0 saturated carbocycles. The molecule has 0 radical (unpaired) electrons. The van der Waals surface area contributed by atoms with Crippen LogP contribution in [0.1, 0.15) is 22.5 Å². The van der Waals surface area contributed by atoms with Gasteiger partial charge < -0.3 is 5.32 Å². The minimum absolute atomic E-state index is 0.0970. The maximum absolute atomic E-state index is 12.7. The maximum atomic E-state index is 12.7. The zero-order valence-corrected chi connectivity index (χ0v) is 12.6. The molecule has 1 aliphatic heterocycles. The molecule has 5 nitrogen and oxygen atoms in total. The van der Waals surface area contributed by atoms with Gasteiger partial charge in [0.15, 0.2) is 11.5 Å². The van der Waals surface area contributed by atoms with Gasteiger partial charge in [0.1, 0.15) is 0 Å². The first-order valence-corrected chi connectivity index (χ1v) is 7.70. The number of anilines is 1. The van der Waals surface area contributed by atoms with Crippen LogP contribution in [-0.4, -0.2) is 27.3 Å². The Morgan fingerprint density at radius 2 is 1.74 bits per heavy atom. The summed E-state index contributed by atoms with van der Waals surface area (Å²) in [5, 5.41) is 11.3. The number of nitrogens with zero attached hydrogens (tertiary/aromatic N) is 3. The minimum atomic E-state index is -0.0970. The standard InChI is InChI=1S/C18H16N4O/c23-17(16-18-19-11-4-12-22(18)21-20-16)15-9-7-14(8-10-15)13-5-2-1-3-6-13/h1-3,5-10,19H,4,11-12H2. The fraction of sp³-hybridized carbons (Fsp3) is 0.167. The second-order valence-electron chi connectivity index (χ2n) is 5.56. The lowest BCUT2D eigenvalue weighted by Gasteiger charge is -2.15. The van der Waals surface area contributed by atoms with E-state index in [2.05, 4.69) is 27.8 Å². The quantitative estimate of drug-likeness (QED) is 0.756. The molecule has 1 aliphatic rings. The molecule has 2 heterocycles.